The van der Waals surface area contributed by atoms with Crippen LogP contribution in [0.5, 0.6) is 0 Å². The van der Waals surface area contributed by atoms with Crippen LogP contribution in [0.3, 0.4) is 0 Å². The lowest BCUT2D eigenvalue weighted by Crippen LogP contribution is -2.22. The third kappa shape index (κ3) is 4.39. The monoisotopic (exact) mass is 395 g/mol. The number of nitrogens with one attached hydrogen (secondary N) is 1. The van der Waals surface area contributed by atoms with Crippen molar-refractivity contribution in [2.75, 3.05) is 5.32 Å². The van der Waals surface area contributed by atoms with E-state index in [1.807, 2.05) is 0 Å². The van der Waals surface area contributed by atoms with Crippen molar-refractivity contribution in [2.45, 2.75) is 17.4 Å². The number of hydrogen-bond acceptors (Lipinski definition) is 5. The molecule has 0 saturated heterocycles. The second kappa shape index (κ2) is 7.84. The van der Waals surface area contributed by atoms with Crippen molar-refractivity contribution in [1.29, 1.82) is 0 Å². The average molecular weight is 396 g/mol. The van der Waals surface area contributed by atoms with Crippen LogP contribution in [0.2, 0.25) is 5.02 Å². The van der Waals surface area contributed by atoms with Crippen molar-refractivity contribution in [3.05, 3.63) is 59.1 Å². The SMILES string of the molecule is C[C@@H](Sc1nnc(-c2cccc(Cl)c2)o1)C(=O)Nc1ccc(F)c(F)c1. The lowest BCUT2D eigenvalue weighted by atomic mass is 10.2. The summed E-state index contributed by atoms with van der Waals surface area (Å²) in [5.74, 6) is -2.15. The van der Waals surface area contributed by atoms with Crippen LogP contribution < -0.4 is 5.32 Å². The summed E-state index contributed by atoms with van der Waals surface area (Å²) in [5, 5.41) is 10.5. The maximum Gasteiger partial charge on any atom is 0.277 e. The van der Waals surface area contributed by atoms with E-state index in [1.54, 1.807) is 31.2 Å². The predicted octanol–water partition coefficient (Wildman–Crippen LogP) is 4.79. The second-order valence-corrected chi connectivity index (χ2v) is 6.99. The van der Waals surface area contributed by atoms with Gasteiger partial charge in [0.05, 0.1) is 5.25 Å². The van der Waals surface area contributed by atoms with Gasteiger partial charge in [-0.2, -0.15) is 0 Å². The number of aromatic nitrogens is 2. The Balaban J connectivity index is 1.65. The number of amides is 1. The van der Waals surface area contributed by atoms with Crippen molar-refractivity contribution < 1.29 is 18.0 Å². The quantitative estimate of drug-likeness (QED) is 0.629. The molecule has 9 heteroatoms. The topological polar surface area (TPSA) is 68.0 Å². The maximum atomic E-state index is 13.2. The summed E-state index contributed by atoms with van der Waals surface area (Å²) in [7, 11) is 0. The van der Waals surface area contributed by atoms with E-state index in [9.17, 15) is 13.6 Å². The third-order valence-corrected chi connectivity index (χ3v) is 4.48. The molecular weight excluding hydrogens is 384 g/mol. The number of hydrogen-bond donors (Lipinski definition) is 1. The highest BCUT2D eigenvalue weighted by Crippen LogP contribution is 2.28. The molecule has 0 aliphatic rings. The fourth-order valence-electron chi connectivity index (χ4n) is 2.02. The van der Waals surface area contributed by atoms with Gasteiger partial charge in [-0.15, -0.1) is 10.2 Å². The number of benzene rings is 2. The van der Waals surface area contributed by atoms with Gasteiger partial charge < -0.3 is 9.73 Å². The molecule has 3 rings (SSSR count). The number of thioether (sulfide) groups is 1. The molecular formula is C17H12ClF2N3O2S. The molecule has 134 valence electrons. The van der Waals surface area contributed by atoms with Crippen molar-refractivity contribution in [3.63, 3.8) is 0 Å². The Labute approximate surface area is 156 Å². The number of anilines is 1. The maximum absolute atomic E-state index is 13.2. The minimum atomic E-state index is -1.04. The van der Waals surface area contributed by atoms with Gasteiger partial charge in [0.1, 0.15) is 0 Å². The molecule has 0 aliphatic heterocycles. The lowest BCUT2D eigenvalue weighted by molar-refractivity contribution is -0.115. The van der Waals surface area contributed by atoms with Crippen LogP contribution in [0, 0.1) is 11.6 Å². The summed E-state index contributed by atoms with van der Waals surface area (Å²) < 4.78 is 31.6. The van der Waals surface area contributed by atoms with Gasteiger partial charge in [0.2, 0.25) is 11.8 Å². The molecule has 0 saturated carbocycles. The van der Waals surface area contributed by atoms with Crippen LogP contribution in [0.4, 0.5) is 14.5 Å². The summed E-state index contributed by atoms with van der Waals surface area (Å²) in [4.78, 5) is 12.2. The fourth-order valence-corrected chi connectivity index (χ4v) is 2.89. The van der Waals surface area contributed by atoms with E-state index < -0.39 is 22.8 Å². The van der Waals surface area contributed by atoms with Crippen molar-refractivity contribution >= 4 is 35.0 Å². The first-order chi connectivity index (χ1) is 12.4. The molecule has 1 atom stereocenters. The highest BCUT2D eigenvalue weighted by Gasteiger charge is 2.19. The largest absolute Gasteiger partial charge is 0.411 e. The van der Waals surface area contributed by atoms with Gasteiger partial charge in [-0.3, -0.25) is 4.79 Å². The normalized spacial score (nSPS) is 12.0. The van der Waals surface area contributed by atoms with E-state index in [1.165, 1.54) is 6.07 Å². The number of rotatable bonds is 5. The van der Waals surface area contributed by atoms with Gasteiger partial charge >= 0.3 is 0 Å². The Morgan fingerprint density at radius 3 is 2.73 bits per heavy atom. The molecule has 0 bridgehead atoms. The van der Waals surface area contributed by atoms with Gasteiger partial charge in [0, 0.05) is 22.3 Å². The summed E-state index contributed by atoms with van der Waals surface area (Å²) in [6.45, 7) is 1.63. The van der Waals surface area contributed by atoms with Crippen LogP contribution in [0.15, 0.2) is 52.1 Å². The van der Waals surface area contributed by atoms with Crippen LogP contribution in [0.1, 0.15) is 6.92 Å². The molecule has 1 amide bonds. The lowest BCUT2D eigenvalue weighted by Gasteiger charge is -2.10. The van der Waals surface area contributed by atoms with E-state index in [4.69, 9.17) is 16.0 Å². The number of halogens is 3. The predicted molar refractivity (Wildman–Crippen MR) is 95.1 cm³/mol. The Bertz CT molecular complexity index is 951. The van der Waals surface area contributed by atoms with E-state index in [0.29, 0.717) is 10.6 Å². The molecule has 26 heavy (non-hydrogen) atoms. The molecule has 2 aromatic carbocycles. The minimum absolute atomic E-state index is 0.159. The summed E-state index contributed by atoms with van der Waals surface area (Å²) >= 11 is 6.97. The molecule has 5 nitrogen and oxygen atoms in total. The number of carbonyl (C=O) groups excluding carboxylic acids is 1. The summed E-state index contributed by atoms with van der Waals surface area (Å²) in [5.41, 5.74) is 0.822. The van der Waals surface area contributed by atoms with Gasteiger partial charge in [-0.05, 0) is 37.3 Å². The first-order valence-electron chi connectivity index (χ1n) is 7.44. The first kappa shape index (κ1) is 18.3. The van der Waals surface area contributed by atoms with Gasteiger partial charge in [-0.25, -0.2) is 8.78 Å². The van der Waals surface area contributed by atoms with Crippen molar-refractivity contribution in [1.82, 2.24) is 10.2 Å². The Morgan fingerprint density at radius 2 is 2.00 bits per heavy atom. The summed E-state index contributed by atoms with van der Waals surface area (Å²) in [6, 6.07) is 10.1. The van der Waals surface area contributed by atoms with E-state index in [-0.39, 0.29) is 16.8 Å². The zero-order valence-corrected chi connectivity index (χ0v) is 14.9. The van der Waals surface area contributed by atoms with Crippen LogP contribution in [-0.4, -0.2) is 21.4 Å². The highest BCUT2D eigenvalue weighted by molar-refractivity contribution is 8.00. The summed E-state index contributed by atoms with van der Waals surface area (Å²) in [6.07, 6.45) is 0. The molecule has 3 aromatic rings. The van der Waals surface area contributed by atoms with Crippen molar-refractivity contribution in [3.8, 4) is 11.5 Å². The van der Waals surface area contributed by atoms with E-state index >= 15 is 0 Å². The molecule has 0 unspecified atom stereocenters. The number of nitrogens with zero attached hydrogens (tertiary/aromatic N) is 2. The van der Waals surface area contributed by atoms with Crippen LogP contribution in [-0.2, 0) is 4.79 Å². The Hall–Kier alpha value is -2.45. The first-order valence-corrected chi connectivity index (χ1v) is 8.70. The molecule has 1 N–H and O–H groups in total. The number of carbonyl (C=O) groups is 1. The van der Waals surface area contributed by atoms with Crippen molar-refractivity contribution in [2.24, 2.45) is 0 Å². The van der Waals surface area contributed by atoms with E-state index in [0.717, 1.165) is 23.9 Å². The molecule has 1 aromatic heterocycles. The van der Waals surface area contributed by atoms with Crippen LogP contribution in [0.25, 0.3) is 11.5 Å². The molecule has 0 spiro atoms. The fraction of sp³-hybridized carbons (Fsp3) is 0.118. The third-order valence-electron chi connectivity index (χ3n) is 3.31. The van der Waals surface area contributed by atoms with Gasteiger partial charge in [-0.1, -0.05) is 29.4 Å². The smallest absolute Gasteiger partial charge is 0.277 e. The highest BCUT2D eigenvalue weighted by atomic mass is 35.5. The Kier molecular flexibility index (Phi) is 5.53. The molecule has 0 radical (unpaired) electrons. The van der Waals surface area contributed by atoms with Crippen LogP contribution >= 0.6 is 23.4 Å². The zero-order chi connectivity index (χ0) is 18.7. The zero-order valence-electron chi connectivity index (χ0n) is 13.4. The average Bonchev–Trinajstić information content (AvgIpc) is 3.06. The second-order valence-electron chi connectivity index (χ2n) is 5.26. The molecule has 1 heterocycles. The minimum Gasteiger partial charge on any atom is -0.411 e. The van der Waals surface area contributed by atoms with Gasteiger partial charge in [0.25, 0.3) is 5.22 Å². The standard InChI is InChI=1S/C17H12ClF2N3O2S/c1-9(15(24)21-12-5-6-13(19)14(20)8-12)26-17-23-22-16(25-17)10-3-2-4-11(18)7-10/h2-9H,1H3,(H,21,24)/t9-/m1/s1. The molecule has 0 aliphatic carbocycles. The van der Waals surface area contributed by atoms with Gasteiger partial charge in [0.15, 0.2) is 11.6 Å². The van der Waals surface area contributed by atoms with E-state index in [2.05, 4.69) is 15.5 Å². The Morgan fingerprint density at radius 1 is 1.19 bits per heavy atom. The molecule has 0 fully saturated rings.